The van der Waals surface area contributed by atoms with Gasteiger partial charge in [-0.3, -0.25) is 4.79 Å². The highest BCUT2D eigenvalue weighted by Crippen LogP contribution is 2.20. The summed E-state index contributed by atoms with van der Waals surface area (Å²) in [5.41, 5.74) is 7.62. The van der Waals surface area contributed by atoms with Crippen LogP contribution in [0.4, 0.5) is 5.69 Å². The zero-order chi connectivity index (χ0) is 14.5. The lowest BCUT2D eigenvalue weighted by Crippen LogP contribution is -2.46. The molecule has 2 N–H and O–H groups in total. The number of hydrogen-bond donors (Lipinski definition) is 1. The van der Waals surface area contributed by atoms with E-state index >= 15 is 0 Å². The van der Waals surface area contributed by atoms with E-state index in [4.69, 9.17) is 10.5 Å². The van der Waals surface area contributed by atoms with E-state index in [2.05, 4.69) is 6.92 Å². The van der Waals surface area contributed by atoms with E-state index in [-0.39, 0.29) is 12.0 Å². The fraction of sp³-hybridized carbons (Fsp3) is 0.562. The van der Waals surface area contributed by atoms with Crippen LogP contribution in [0, 0.1) is 5.92 Å². The molecule has 0 saturated carbocycles. The van der Waals surface area contributed by atoms with Crippen LogP contribution in [0.15, 0.2) is 24.3 Å². The molecule has 1 heterocycles. The lowest BCUT2D eigenvalue weighted by Gasteiger charge is -2.36. The molecule has 1 saturated heterocycles. The number of aryl methyl sites for hydroxylation is 1. The van der Waals surface area contributed by atoms with Gasteiger partial charge < -0.3 is 15.4 Å². The fourth-order valence-corrected chi connectivity index (χ4v) is 2.73. The van der Waals surface area contributed by atoms with Gasteiger partial charge in [-0.15, -0.1) is 0 Å². The first kappa shape index (κ1) is 14.9. The molecule has 2 unspecified atom stereocenters. The number of piperidine rings is 1. The number of carbonyl (C=O) groups is 1. The van der Waals surface area contributed by atoms with Crippen molar-refractivity contribution in [2.24, 2.45) is 5.92 Å². The van der Waals surface area contributed by atoms with Crippen molar-refractivity contribution in [2.75, 3.05) is 25.9 Å². The number of nitrogen functional groups attached to an aromatic ring is 1. The Kier molecular flexibility index (Phi) is 5.01. The van der Waals surface area contributed by atoms with Crippen molar-refractivity contribution in [1.82, 2.24) is 4.90 Å². The van der Waals surface area contributed by atoms with Gasteiger partial charge in [-0.25, -0.2) is 0 Å². The molecule has 1 aromatic carbocycles. The number of rotatable bonds is 4. The van der Waals surface area contributed by atoms with Gasteiger partial charge in [-0.2, -0.15) is 0 Å². The highest BCUT2D eigenvalue weighted by Gasteiger charge is 2.28. The zero-order valence-corrected chi connectivity index (χ0v) is 12.3. The number of methoxy groups -OCH3 is 1. The number of nitrogens with two attached hydrogens (primary N) is 1. The molecule has 0 aliphatic carbocycles. The van der Waals surface area contributed by atoms with E-state index in [9.17, 15) is 4.79 Å². The Morgan fingerprint density at radius 1 is 1.50 bits per heavy atom. The predicted octanol–water partition coefficient (Wildman–Crippen LogP) is 2.08. The van der Waals surface area contributed by atoms with Gasteiger partial charge >= 0.3 is 0 Å². The summed E-state index contributed by atoms with van der Waals surface area (Å²) in [5, 5.41) is 0. The standard InChI is InChI=1S/C16H24N2O2/c1-12-8-9-18(11-15(12)20-2)16(19)7-6-13-4-3-5-14(17)10-13/h3-5,10,12,15H,6-9,11,17H2,1-2H3. The second-order valence-corrected chi connectivity index (χ2v) is 5.62. The average molecular weight is 276 g/mol. The smallest absolute Gasteiger partial charge is 0.222 e. The van der Waals surface area contributed by atoms with Crippen molar-refractivity contribution >= 4 is 11.6 Å². The number of likely N-dealkylation sites (tertiary alicyclic amines) is 1. The highest BCUT2D eigenvalue weighted by atomic mass is 16.5. The molecule has 1 aromatic rings. The Balaban J connectivity index is 1.86. The van der Waals surface area contributed by atoms with E-state index in [1.54, 1.807) is 7.11 Å². The van der Waals surface area contributed by atoms with Crippen LogP contribution in [0.3, 0.4) is 0 Å². The summed E-state index contributed by atoms with van der Waals surface area (Å²) in [4.78, 5) is 14.2. The van der Waals surface area contributed by atoms with Crippen molar-refractivity contribution in [1.29, 1.82) is 0 Å². The minimum Gasteiger partial charge on any atom is -0.399 e. The maximum atomic E-state index is 12.3. The van der Waals surface area contributed by atoms with Crippen molar-refractivity contribution in [3.63, 3.8) is 0 Å². The largest absolute Gasteiger partial charge is 0.399 e. The first-order chi connectivity index (χ1) is 9.60. The van der Waals surface area contributed by atoms with Crippen LogP contribution in [0.5, 0.6) is 0 Å². The molecule has 0 spiro atoms. The second-order valence-electron chi connectivity index (χ2n) is 5.62. The van der Waals surface area contributed by atoms with E-state index in [1.165, 1.54) is 0 Å². The maximum absolute atomic E-state index is 12.3. The number of benzene rings is 1. The average Bonchev–Trinajstić information content (AvgIpc) is 2.45. The van der Waals surface area contributed by atoms with Crippen LogP contribution in [0.2, 0.25) is 0 Å². The lowest BCUT2D eigenvalue weighted by molar-refractivity contribution is -0.136. The summed E-state index contributed by atoms with van der Waals surface area (Å²) in [6.45, 7) is 3.74. The fourth-order valence-electron chi connectivity index (χ4n) is 2.73. The molecule has 4 nitrogen and oxygen atoms in total. The van der Waals surface area contributed by atoms with Gasteiger partial charge in [0.05, 0.1) is 6.10 Å². The molecule has 110 valence electrons. The van der Waals surface area contributed by atoms with Crippen molar-refractivity contribution in [3.05, 3.63) is 29.8 Å². The number of carbonyl (C=O) groups excluding carboxylic acids is 1. The van der Waals surface area contributed by atoms with Gasteiger partial charge in [0.15, 0.2) is 0 Å². The van der Waals surface area contributed by atoms with Crippen molar-refractivity contribution in [2.45, 2.75) is 32.3 Å². The SMILES string of the molecule is COC1CN(C(=O)CCc2cccc(N)c2)CCC1C. The topological polar surface area (TPSA) is 55.6 Å². The van der Waals surface area contributed by atoms with E-state index in [1.807, 2.05) is 29.2 Å². The Morgan fingerprint density at radius 3 is 3.00 bits per heavy atom. The molecular formula is C16H24N2O2. The zero-order valence-electron chi connectivity index (χ0n) is 12.3. The number of ether oxygens (including phenoxy) is 1. The van der Waals surface area contributed by atoms with Crippen molar-refractivity contribution in [3.8, 4) is 0 Å². The van der Waals surface area contributed by atoms with Crippen LogP contribution >= 0.6 is 0 Å². The molecule has 2 atom stereocenters. The van der Waals surface area contributed by atoms with Crippen LogP contribution in [-0.4, -0.2) is 37.1 Å². The lowest BCUT2D eigenvalue weighted by atomic mass is 9.95. The highest BCUT2D eigenvalue weighted by molar-refractivity contribution is 5.76. The van der Waals surface area contributed by atoms with Gasteiger partial charge in [0, 0.05) is 32.3 Å². The van der Waals surface area contributed by atoms with Gasteiger partial charge in [0.1, 0.15) is 0 Å². The summed E-state index contributed by atoms with van der Waals surface area (Å²) in [6, 6.07) is 7.74. The first-order valence-electron chi connectivity index (χ1n) is 7.25. The minimum absolute atomic E-state index is 0.167. The van der Waals surface area contributed by atoms with E-state index < -0.39 is 0 Å². The Labute approximate surface area is 120 Å². The van der Waals surface area contributed by atoms with Gasteiger partial charge in [-0.1, -0.05) is 19.1 Å². The molecule has 1 fully saturated rings. The summed E-state index contributed by atoms with van der Waals surface area (Å²) in [6.07, 6.45) is 2.46. The second kappa shape index (κ2) is 6.75. The third-order valence-electron chi connectivity index (χ3n) is 4.12. The maximum Gasteiger partial charge on any atom is 0.222 e. The number of hydrogen-bond acceptors (Lipinski definition) is 3. The molecule has 0 radical (unpaired) electrons. The Bertz CT molecular complexity index is 462. The molecule has 4 heteroatoms. The van der Waals surface area contributed by atoms with Crippen LogP contribution < -0.4 is 5.73 Å². The normalized spacial score (nSPS) is 22.8. The molecule has 1 aliphatic heterocycles. The molecular weight excluding hydrogens is 252 g/mol. The van der Waals surface area contributed by atoms with Gasteiger partial charge in [0.25, 0.3) is 0 Å². The van der Waals surface area contributed by atoms with Crippen molar-refractivity contribution < 1.29 is 9.53 Å². The van der Waals surface area contributed by atoms with Gasteiger partial charge in [0.2, 0.25) is 5.91 Å². The number of amides is 1. The number of nitrogens with zero attached hydrogens (tertiary/aromatic N) is 1. The molecule has 0 aromatic heterocycles. The van der Waals surface area contributed by atoms with Crippen LogP contribution in [-0.2, 0) is 16.0 Å². The molecule has 20 heavy (non-hydrogen) atoms. The molecule has 1 amide bonds. The summed E-state index contributed by atoms with van der Waals surface area (Å²) in [7, 11) is 1.72. The predicted molar refractivity (Wildman–Crippen MR) is 80.3 cm³/mol. The summed E-state index contributed by atoms with van der Waals surface area (Å²) in [5.74, 6) is 0.736. The molecule has 1 aliphatic rings. The molecule has 2 rings (SSSR count). The van der Waals surface area contributed by atoms with E-state index in [0.717, 1.165) is 30.6 Å². The monoisotopic (exact) mass is 276 g/mol. The summed E-state index contributed by atoms with van der Waals surface area (Å²) < 4.78 is 5.45. The quantitative estimate of drug-likeness (QED) is 0.857. The van der Waals surface area contributed by atoms with Gasteiger partial charge in [-0.05, 0) is 36.5 Å². The minimum atomic E-state index is 0.167. The third kappa shape index (κ3) is 3.73. The van der Waals surface area contributed by atoms with Crippen LogP contribution in [0.1, 0.15) is 25.3 Å². The van der Waals surface area contributed by atoms with Crippen LogP contribution in [0.25, 0.3) is 0 Å². The number of anilines is 1. The third-order valence-corrected chi connectivity index (χ3v) is 4.12. The first-order valence-corrected chi connectivity index (χ1v) is 7.25. The van der Waals surface area contributed by atoms with E-state index in [0.29, 0.717) is 18.9 Å². The Morgan fingerprint density at radius 2 is 2.30 bits per heavy atom. The Hall–Kier alpha value is -1.55. The molecule has 0 bridgehead atoms. The summed E-state index contributed by atoms with van der Waals surface area (Å²) >= 11 is 0.